The number of carbonyl (C=O) groups is 2. The molecule has 14 nitrogen and oxygen atoms in total. The van der Waals surface area contributed by atoms with Crippen LogP contribution < -0.4 is 0 Å². The summed E-state index contributed by atoms with van der Waals surface area (Å²) in [4.78, 5) is 32.1. The lowest BCUT2D eigenvalue weighted by Gasteiger charge is -2.46. The number of likely N-dealkylation sites (tertiary alicyclic amines) is 1. The van der Waals surface area contributed by atoms with Gasteiger partial charge in [0, 0.05) is 45.6 Å². The normalized spacial score (nSPS) is 42.2. The molecule has 18 unspecified atom stereocenters. The van der Waals surface area contributed by atoms with Crippen molar-refractivity contribution in [1.82, 2.24) is 9.80 Å². The van der Waals surface area contributed by atoms with Crippen molar-refractivity contribution in [3.05, 3.63) is 23.8 Å². The number of likely N-dealkylation sites (N-methyl/N-ethyl adjacent to an activating group) is 1. The quantitative estimate of drug-likeness (QED) is 0.237. The van der Waals surface area contributed by atoms with Crippen molar-refractivity contribution in [2.75, 3.05) is 54.6 Å². The van der Waals surface area contributed by atoms with Gasteiger partial charge in [0.1, 0.15) is 30.5 Å². The Bertz CT molecular complexity index is 1390. The highest BCUT2D eigenvalue weighted by Crippen LogP contribution is 2.36. The third kappa shape index (κ3) is 13.6. The van der Waals surface area contributed by atoms with Gasteiger partial charge in [0.15, 0.2) is 18.4 Å². The maximum atomic E-state index is 14.0. The molecule has 0 bridgehead atoms. The van der Waals surface area contributed by atoms with Crippen molar-refractivity contribution in [3.63, 3.8) is 0 Å². The molecule has 60 heavy (non-hydrogen) atoms. The van der Waals surface area contributed by atoms with E-state index in [0.29, 0.717) is 31.1 Å². The van der Waals surface area contributed by atoms with Crippen LogP contribution in [0.25, 0.3) is 0 Å². The predicted octanol–water partition coefficient (Wildman–Crippen LogP) is 4.37. The fourth-order valence-corrected chi connectivity index (χ4v) is 10.0. The van der Waals surface area contributed by atoms with Gasteiger partial charge in [-0.3, -0.25) is 9.59 Å². The molecule has 3 fully saturated rings. The number of aliphatic hydroxyl groups is 3. The third-order valence-corrected chi connectivity index (χ3v) is 13.3. The number of ether oxygens (including phenoxy) is 7. The van der Waals surface area contributed by atoms with E-state index in [1.165, 1.54) is 20.6 Å². The number of methoxy groups -OCH3 is 2. The summed E-state index contributed by atoms with van der Waals surface area (Å²) in [5, 5.41) is 33.3. The van der Waals surface area contributed by atoms with Crippen molar-refractivity contribution in [1.29, 1.82) is 0 Å². The molecule has 4 aliphatic heterocycles. The second-order valence-corrected chi connectivity index (χ2v) is 18.8. The number of piperidine rings is 1. The predicted molar refractivity (Wildman–Crippen MR) is 228 cm³/mol. The molecule has 0 aromatic heterocycles. The lowest BCUT2D eigenvalue weighted by Crippen LogP contribution is -2.63. The monoisotopic (exact) mass is 853 g/mol. The third-order valence-electron chi connectivity index (χ3n) is 13.3. The molecule has 14 heteroatoms. The Morgan fingerprint density at radius 1 is 0.833 bits per heavy atom. The molecule has 0 aliphatic carbocycles. The van der Waals surface area contributed by atoms with Gasteiger partial charge >= 0.3 is 5.97 Å². The van der Waals surface area contributed by atoms with Gasteiger partial charge in [-0.25, -0.2) is 0 Å². The van der Waals surface area contributed by atoms with Crippen LogP contribution in [0.2, 0.25) is 0 Å². The topological polar surface area (TPSA) is 166 Å². The molecular weight excluding hydrogens is 773 g/mol. The molecule has 18 atom stereocenters. The fraction of sp³-hybridized carbons (Fsp3) is 0.870. The summed E-state index contributed by atoms with van der Waals surface area (Å²) in [6.07, 6.45) is 0.564. The molecule has 0 aromatic carbocycles. The van der Waals surface area contributed by atoms with Crippen molar-refractivity contribution in [2.24, 2.45) is 35.5 Å². The maximum Gasteiger partial charge on any atom is 0.306 e. The molecule has 0 radical (unpaired) electrons. The number of nitrogens with zero attached hydrogens (tertiary/aromatic N) is 2. The summed E-state index contributed by atoms with van der Waals surface area (Å²) < 4.78 is 42.9. The average molecular weight is 853 g/mol. The van der Waals surface area contributed by atoms with Crippen LogP contribution in [0.3, 0.4) is 0 Å². The van der Waals surface area contributed by atoms with Crippen LogP contribution in [0, 0.1) is 35.5 Å². The van der Waals surface area contributed by atoms with E-state index in [1.807, 2.05) is 47.0 Å². The molecular formula is C46H80N2O12. The average Bonchev–Trinajstić information content (AvgIpc) is 3.19. The van der Waals surface area contributed by atoms with E-state index >= 15 is 0 Å². The molecule has 0 spiro atoms. The number of hydrogen-bond acceptors (Lipinski definition) is 14. The van der Waals surface area contributed by atoms with Crippen molar-refractivity contribution < 1.29 is 58.1 Å². The van der Waals surface area contributed by atoms with Gasteiger partial charge < -0.3 is 58.3 Å². The van der Waals surface area contributed by atoms with Crippen LogP contribution in [0.15, 0.2) is 23.8 Å². The van der Waals surface area contributed by atoms with Gasteiger partial charge in [-0.15, -0.1) is 0 Å². The summed E-state index contributed by atoms with van der Waals surface area (Å²) in [5.74, 6) is -0.219. The van der Waals surface area contributed by atoms with Crippen LogP contribution in [-0.2, 0) is 42.7 Å². The van der Waals surface area contributed by atoms with Crippen LogP contribution in [0.4, 0.5) is 0 Å². The molecule has 4 rings (SSSR count). The summed E-state index contributed by atoms with van der Waals surface area (Å²) >= 11 is 0. The zero-order valence-corrected chi connectivity index (χ0v) is 38.6. The van der Waals surface area contributed by atoms with E-state index in [4.69, 9.17) is 33.2 Å². The number of ketones is 1. The smallest absolute Gasteiger partial charge is 0.306 e. The molecule has 3 saturated heterocycles. The molecule has 0 saturated carbocycles. The van der Waals surface area contributed by atoms with Crippen molar-refractivity contribution >= 4 is 11.8 Å². The summed E-state index contributed by atoms with van der Waals surface area (Å²) in [6.45, 7) is 19.0. The lowest BCUT2D eigenvalue weighted by atomic mass is 9.80. The zero-order valence-electron chi connectivity index (χ0n) is 38.6. The lowest BCUT2D eigenvalue weighted by molar-refractivity contribution is -0.304. The Labute approximate surface area is 360 Å². The number of carbonyl (C=O) groups excluding carboxylic acids is 2. The molecule has 0 amide bonds. The van der Waals surface area contributed by atoms with E-state index in [-0.39, 0.29) is 42.5 Å². The van der Waals surface area contributed by atoms with Crippen molar-refractivity contribution in [2.45, 2.75) is 167 Å². The molecule has 346 valence electrons. The highest BCUT2D eigenvalue weighted by molar-refractivity contribution is 5.91. The Hall–Kier alpha value is -1.82. The summed E-state index contributed by atoms with van der Waals surface area (Å²) in [5.41, 5.74) is 0.812. The zero-order chi connectivity index (χ0) is 44.4. The van der Waals surface area contributed by atoms with E-state index in [2.05, 4.69) is 25.7 Å². The van der Waals surface area contributed by atoms with E-state index < -0.39 is 79.5 Å². The Morgan fingerprint density at radius 2 is 1.47 bits per heavy atom. The van der Waals surface area contributed by atoms with Gasteiger partial charge in [0.2, 0.25) is 0 Å². The van der Waals surface area contributed by atoms with Gasteiger partial charge in [0.25, 0.3) is 0 Å². The van der Waals surface area contributed by atoms with E-state index in [1.54, 1.807) is 24.8 Å². The van der Waals surface area contributed by atoms with E-state index in [0.717, 1.165) is 31.6 Å². The number of cyclic esters (lactones) is 1. The Morgan fingerprint density at radius 3 is 2.08 bits per heavy atom. The number of aliphatic hydroxyl groups excluding tert-OH is 3. The first-order valence-corrected chi connectivity index (χ1v) is 22.5. The van der Waals surface area contributed by atoms with E-state index in [9.17, 15) is 24.9 Å². The van der Waals surface area contributed by atoms with Gasteiger partial charge in [-0.05, 0) is 103 Å². The highest BCUT2D eigenvalue weighted by Gasteiger charge is 2.47. The minimum absolute atomic E-state index is 0.00667. The minimum atomic E-state index is -1.14. The van der Waals surface area contributed by atoms with Gasteiger partial charge in [-0.2, -0.15) is 0 Å². The fourth-order valence-electron chi connectivity index (χ4n) is 10.0. The highest BCUT2D eigenvalue weighted by atomic mass is 16.7. The first-order chi connectivity index (χ1) is 28.4. The number of allylic oxidation sites excluding steroid dienone is 3. The largest absolute Gasteiger partial charge is 0.462 e. The molecule has 4 heterocycles. The van der Waals surface area contributed by atoms with Crippen LogP contribution >= 0.6 is 0 Å². The Kier molecular flexibility index (Phi) is 20.1. The first kappa shape index (κ1) is 50.8. The summed E-state index contributed by atoms with van der Waals surface area (Å²) in [7, 11) is 6.65. The standard InChI is InChI=1S/C46H80N2O12/c1-13-36-34(25-56-46-44(55-12)43(54-11)40(52)32(8)58-46)21-26(2)14-16-35(49)30(6)22-33(18-19-48-23-27(3)20-28(4)24-48)42(29(5)15-17-37(50)59-36)60-45-41(53)38(47(9)10)39(51)31(7)57-45/h14,16,21,27-34,36,38-46,51-53H,13,15,17-20,22-25H2,1-12H3. The van der Waals surface area contributed by atoms with Crippen LogP contribution in [0.1, 0.15) is 93.9 Å². The van der Waals surface area contributed by atoms with Crippen LogP contribution in [0.5, 0.6) is 0 Å². The van der Waals surface area contributed by atoms with Crippen molar-refractivity contribution in [3.8, 4) is 0 Å². The van der Waals surface area contributed by atoms with Crippen LogP contribution in [-0.4, -0.2) is 165 Å². The minimum Gasteiger partial charge on any atom is -0.462 e. The number of esters is 1. The maximum absolute atomic E-state index is 14.0. The second-order valence-electron chi connectivity index (χ2n) is 18.8. The first-order valence-electron chi connectivity index (χ1n) is 22.5. The van der Waals surface area contributed by atoms with Gasteiger partial charge in [0.05, 0.1) is 37.1 Å². The molecule has 3 N–H and O–H groups in total. The second kappa shape index (κ2) is 23.7. The SMILES string of the molecule is CCC1OC(=O)CCC(C)C(OC2OC(C)C(O)C(N(C)C)C2O)C(CCN2CC(C)CC(C)C2)CC(C)C(=O)C=CC(C)=CC1COC1OC(C)C(O)C(OC)C1OC. The number of hydrogen-bond donors (Lipinski definition) is 3. The number of rotatable bonds is 12. The molecule has 0 aromatic rings. The van der Waals surface area contributed by atoms with Gasteiger partial charge in [-0.1, -0.05) is 52.3 Å². The molecule has 4 aliphatic rings. The Balaban J connectivity index is 1.65. The summed E-state index contributed by atoms with van der Waals surface area (Å²) in [6, 6.07) is -0.615.